The number of phenolic OH excluding ortho intramolecular Hbond substituents is 1. The average molecular weight is 290 g/mol. The summed E-state index contributed by atoms with van der Waals surface area (Å²) in [5, 5.41) is 11.6. The van der Waals surface area contributed by atoms with Crippen LogP contribution in [0.5, 0.6) is 5.75 Å². The summed E-state index contributed by atoms with van der Waals surface area (Å²) in [6.45, 7) is 1.85. The predicted molar refractivity (Wildman–Crippen MR) is 79.7 cm³/mol. The molecule has 0 aromatic heterocycles. The Hall–Kier alpha value is -2.00. The Kier molecular flexibility index (Phi) is 4.64. The molecule has 0 spiro atoms. The van der Waals surface area contributed by atoms with Crippen LogP contribution in [-0.4, -0.2) is 11.0 Å². The van der Waals surface area contributed by atoms with Gasteiger partial charge in [0.1, 0.15) is 11.1 Å². The zero-order valence-electron chi connectivity index (χ0n) is 11.1. The molecule has 0 bridgehead atoms. The van der Waals surface area contributed by atoms with Crippen molar-refractivity contribution in [2.24, 2.45) is 0 Å². The van der Waals surface area contributed by atoms with Crippen molar-refractivity contribution in [3.05, 3.63) is 65.7 Å². The molecule has 2 rings (SSSR count). The number of amides is 1. The van der Waals surface area contributed by atoms with E-state index in [1.807, 2.05) is 43.3 Å². The van der Waals surface area contributed by atoms with Crippen molar-refractivity contribution in [3.8, 4) is 5.75 Å². The van der Waals surface area contributed by atoms with E-state index >= 15 is 0 Å². The van der Waals surface area contributed by atoms with Crippen molar-refractivity contribution < 1.29 is 9.90 Å². The van der Waals surface area contributed by atoms with Crippen LogP contribution in [0.1, 0.15) is 29.5 Å². The highest BCUT2D eigenvalue weighted by atomic mass is 35.5. The van der Waals surface area contributed by atoms with E-state index in [0.717, 1.165) is 11.1 Å². The molecular weight excluding hydrogens is 274 g/mol. The van der Waals surface area contributed by atoms with Gasteiger partial charge in [-0.15, -0.1) is 11.6 Å². The van der Waals surface area contributed by atoms with Gasteiger partial charge in [0.25, 0.3) is 0 Å². The quantitative estimate of drug-likeness (QED) is 0.846. The number of nitrogens with one attached hydrogen (secondary N) is 1. The Morgan fingerprint density at radius 1 is 1.10 bits per heavy atom. The molecule has 0 radical (unpaired) electrons. The van der Waals surface area contributed by atoms with Crippen molar-refractivity contribution in [3.63, 3.8) is 0 Å². The number of hydrogen-bond donors (Lipinski definition) is 2. The van der Waals surface area contributed by atoms with E-state index in [0.29, 0.717) is 0 Å². The van der Waals surface area contributed by atoms with Gasteiger partial charge < -0.3 is 10.4 Å². The van der Waals surface area contributed by atoms with Crippen molar-refractivity contribution in [1.82, 2.24) is 5.32 Å². The molecule has 0 aliphatic carbocycles. The highest BCUT2D eigenvalue weighted by molar-refractivity contribution is 6.30. The number of carbonyl (C=O) groups excluding carboxylic acids is 1. The third-order valence-corrected chi connectivity index (χ3v) is 3.50. The Morgan fingerprint density at radius 2 is 1.75 bits per heavy atom. The smallest absolute Gasteiger partial charge is 0.243 e. The van der Waals surface area contributed by atoms with Crippen LogP contribution >= 0.6 is 11.6 Å². The lowest BCUT2D eigenvalue weighted by Gasteiger charge is -2.17. The van der Waals surface area contributed by atoms with Crippen LogP contribution in [0.3, 0.4) is 0 Å². The van der Waals surface area contributed by atoms with Gasteiger partial charge in [-0.2, -0.15) is 0 Å². The molecule has 20 heavy (non-hydrogen) atoms. The van der Waals surface area contributed by atoms with Crippen molar-refractivity contribution in [2.75, 3.05) is 0 Å². The zero-order valence-corrected chi connectivity index (χ0v) is 11.8. The monoisotopic (exact) mass is 289 g/mol. The Labute approximate surface area is 123 Å². The second-order valence-corrected chi connectivity index (χ2v) is 5.03. The highest BCUT2D eigenvalue weighted by Crippen LogP contribution is 2.23. The van der Waals surface area contributed by atoms with Gasteiger partial charge in [-0.25, -0.2) is 0 Å². The highest BCUT2D eigenvalue weighted by Gasteiger charge is 2.19. The van der Waals surface area contributed by atoms with E-state index < -0.39 is 5.38 Å². The van der Waals surface area contributed by atoms with E-state index in [2.05, 4.69) is 5.32 Å². The fourth-order valence-corrected chi connectivity index (χ4v) is 2.15. The first kappa shape index (κ1) is 14.4. The van der Waals surface area contributed by atoms with Gasteiger partial charge in [-0.3, -0.25) is 4.79 Å². The Bertz CT molecular complexity index is 586. The maximum absolute atomic E-state index is 12.1. The number of halogens is 1. The molecule has 3 nitrogen and oxygen atoms in total. The van der Waals surface area contributed by atoms with Gasteiger partial charge in [-0.05, 0) is 30.2 Å². The number of benzene rings is 2. The van der Waals surface area contributed by atoms with Crippen LogP contribution < -0.4 is 5.32 Å². The third-order valence-electron chi connectivity index (χ3n) is 3.05. The first-order chi connectivity index (χ1) is 9.58. The SMILES string of the molecule is CC(NC(=O)C(Cl)c1ccccc1)c1cccc(O)c1. The molecule has 0 aliphatic rings. The molecule has 0 heterocycles. The fraction of sp³-hybridized carbons (Fsp3) is 0.188. The summed E-state index contributed by atoms with van der Waals surface area (Å²) in [4.78, 5) is 12.1. The van der Waals surface area contributed by atoms with Crippen molar-refractivity contribution in [2.45, 2.75) is 18.3 Å². The second kappa shape index (κ2) is 6.44. The fourth-order valence-electron chi connectivity index (χ4n) is 1.94. The van der Waals surface area contributed by atoms with E-state index in [1.165, 1.54) is 0 Å². The summed E-state index contributed by atoms with van der Waals surface area (Å²) in [5.74, 6) is -0.0807. The summed E-state index contributed by atoms with van der Waals surface area (Å²) < 4.78 is 0. The number of phenols is 1. The van der Waals surface area contributed by atoms with Gasteiger partial charge in [0, 0.05) is 0 Å². The molecule has 0 saturated carbocycles. The summed E-state index contributed by atoms with van der Waals surface area (Å²) >= 11 is 6.16. The molecule has 2 unspecified atom stereocenters. The normalized spacial score (nSPS) is 13.5. The molecule has 104 valence electrons. The third kappa shape index (κ3) is 3.52. The number of alkyl halides is 1. The summed E-state index contributed by atoms with van der Waals surface area (Å²) in [6.07, 6.45) is 0. The lowest BCUT2D eigenvalue weighted by atomic mass is 10.1. The molecule has 2 N–H and O–H groups in total. The maximum Gasteiger partial charge on any atom is 0.243 e. The van der Waals surface area contributed by atoms with Crippen LogP contribution in [-0.2, 0) is 4.79 Å². The van der Waals surface area contributed by atoms with Crippen LogP contribution in [0, 0.1) is 0 Å². The van der Waals surface area contributed by atoms with E-state index in [9.17, 15) is 9.90 Å². The van der Waals surface area contributed by atoms with Gasteiger partial charge in [0.2, 0.25) is 5.91 Å². The zero-order chi connectivity index (χ0) is 14.5. The minimum absolute atomic E-state index is 0.175. The first-order valence-corrected chi connectivity index (χ1v) is 6.80. The molecule has 1 amide bonds. The van der Waals surface area contributed by atoms with Crippen LogP contribution in [0.2, 0.25) is 0 Å². The summed E-state index contributed by atoms with van der Waals surface area (Å²) in [7, 11) is 0. The first-order valence-electron chi connectivity index (χ1n) is 6.36. The molecule has 2 aromatic rings. The summed E-state index contributed by atoms with van der Waals surface area (Å²) in [6, 6.07) is 15.8. The lowest BCUT2D eigenvalue weighted by Crippen LogP contribution is -2.29. The van der Waals surface area contributed by atoms with Crippen molar-refractivity contribution >= 4 is 17.5 Å². The average Bonchev–Trinajstić information content (AvgIpc) is 2.47. The molecule has 0 aliphatic heterocycles. The van der Waals surface area contributed by atoms with E-state index in [1.54, 1.807) is 18.2 Å². The molecule has 2 aromatic carbocycles. The van der Waals surface area contributed by atoms with Crippen molar-refractivity contribution in [1.29, 1.82) is 0 Å². The number of hydrogen-bond acceptors (Lipinski definition) is 2. The van der Waals surface area contributed by atoms with Crippen LogP contribution in [0.25, 0.3) is 0 Å². The summed E-state index contributed by atoms with van der Waals surface area (Å²) in [5.41, 5.74) is 1.59. The van der Waals surface area contributed by atoms with Crippen LogP contribution in [0.15, 0.2) is 54.6 Å². The molecule has 0 saturated heterocycles. The molecule has 0 fully saturated rings. The topological polar surface area (TPSA) is 49.3 Å². The number of aromatic hydroxyl groups is 1. The minimum Gasteiger partial charge on any atom is -0.508 e. The van der Waals surface area contributed by atoms with E-state index in [-0.39, 0.29) is 17.7 Å². The van der Waals surface area contributed by atoms with Gasteiger partial charge >= 0.3 is 0 Å². The van der Waals surface area contributed by atoms with E-state index in [4.69, 9.17) is 11.6 Å². The predicted octanol–water partition coefficient (Wildman–Crippen LogP) is 3.55. The Morgan fingerprint density at radius 3 is 2.40 bits per heavy atom. The van der Waals surface area contributed by atoms with Crippen LogP contribution in [0.4, 0.5) is 0 Å². The second-order valence-electron chi connectivity index (χ2n) is 4.60. The van der Waals surface area contributed by atoms with Gasteiger partial charge in [0.05, 0.1) is 6.04 Å². The molecule has 4 heteroatoms. The number of rotatable bonds is 4. The van der Waals surface area contributed by atoms with Gasteiger partial charge in [-0.1, -0.05) is 42.5 Å². The minimum atomic E-state index is -0.726. The largest absolute Gasteiger partial charge is 0.508 e. The molecule has 2 atom stereocenters. The number of carbonyl (C=O) groups is 1. The lowest BCUT2D eigenvalue weighted by molar-refractivity contribution is -0.121. The molecular formula is C16H16ClNO2. The maximum atomic E-state index is 12.1. The van der Waals surface area contributed by atoms with Gasteiger partial charge in [0.15, 0.2) is 0 Å². The Balaban J connectivity index is 2.04. The standard InChI is InChI=1S/C16H16ClNO2/c1-11(13-8-5-9-14(19)10-13)18-16(20)15(17)12-6-3-2-4-7-12/h2-11,15,19H,1H3,(H,18,20).